The quantitative estimate of drug-likeness (QED) is 0.139. The van der Waals surface area contributed by atoms with Crippen molar-refractivity contribution >= 4 is 31.5 Å². The SMILES string of the molecule is C[C@H]1[C@H]([Si](C)(C)O)[C@@H](CCn2cc(CCO)nn2)O[C@]12C(=O)N(Cc1cccc(NC(=O)[C@H]3O[C@@H](O)[C@H](O)[C@@H](O)[C@@H]3O)c1)c1ccccc12. The van der Waals surface area contributed by atoms with Gasteiger partial charge in [-0.2, -0.15) is 0 Å². The number of aryl methyl sites for hydroxylation is 1. The molecule has 2 aromatic carbocycles. The third kappa shape index (κ3) is 6.44. The van der Waals surface area contributed by atoms with E-state index in [9.17, 15) is 39.9 Å². The maximum absolute atomic E-state index is 14.7. The highest BCUT2D eigenvalue weighted by Crippen LogP contribution is 2.59. The molecule has 0 bridgehead atoms. The van der Waals surface area contributed by atoms with Crippen molar-refractivity contribution in [3.8, 4) is 0 Å². The van der Waals surface area contributed by atoms with Gasteiger partial charge in [-0.15, -0.1) is 5.10 Å². The van der Waals surface area contributed by atoms with Crippen molar-refractivity contribution in [2.24, 2.45) is 5.92 Å². The van der Waals surface area contributed by atoms with Gasteiger partial charge in [-0.05, 0) is 43.3 Å². The van der Waals surface area contributed by atoms with Gasteiger partial charge in [0.1, 0.15) is 18.3 Å². The lowest BCUT2D eigenvalue weighted by atomic mass is 9.82. The largest absolute Gasteiger partial charge is 0.432 e. The molecular formula is C33H43N5O10Si. The van der Waals surface area contributed by atoms with Gasteiger partial charge in [0, 0.05) is 48.5 Å². The van der Waals surface area contributed by atoms with Crippen molar-refractivity contribution in [2.45, 2.75) is 93.9 Å². The zero-order valence-corrected chi connectivity index (χ0v) is 28.5. The number of carbonyl (C=O) groups is 2. The topological polar surface area (TPSA) is 220 Å². The van der Waals surface area contributed by atoms with E-state index in [2.05, 4.69) is 15.6 Å². The number of rotatable bonds is 10. The lowest BCUT2D eigenvalue weighted by Crippen LogP contribution is -2.60. The molecule has 49 heavy (non-hydrogen) atoms. The molecule has 0 saturated carbocycles. The zero-order chi connectivity index (χ0) is 35.2. The van der Waals surface area contributed by atoms with Gasteiger partial charge in [0.25, 0.3) is 11.8 Å². The molecule has 1 spiro atoms. The minimum Gasteiger partial charge on any atom is -0.432 e. The normalized spacial score (nSPS) is 31.4. The fourth-order valence-electron chi connectivity index (χ4n) is 7.62. The minimum absolute atomic E-state index is 0.0326. The fourth-order valence-corrected chi connectivity index (χ4v) is 10.2. The molecule has 264 valence electrons. The van der Waals surface area contributed by atoms with E-state index >= 15 is 0 Å². The number of nitrogens with zero attached hydrogens (tertiary/aromatic N) is 4. The Morgan fingerprint density at radius 2 is 1.82 bits per heavy atom. The summed E-state index contributed by atoms with van der Waals surface area (Å²) in [7, 11) is -2.88. The van der Waals surface area contributed by atoms with Gasteiger partial charge >= 0.3 is 0 Å². The second-order valence-corrected chi connectivity index (χ2v) is 17.6. The highest BCUT2D eigenvalue weighted by molar-refractivity contribution is 6.71. The Balaban J connectivity index is 1.23. The van der Waals surface area contributed by atoms with Crippen molar-refractivity contribution in [2.75, 3.05) is 16.8 Å². The number of carbonyl (C=O) groups excluding carboxylic acids is 2. The van der Waals surface area contributed by atoms with Crippen LogP contribution in [0.5, 0.6) is 0 Å². The van der Waals surface area contributed by atoms with Gasteiger partial charge in [-0.1, -0.05) is 42.5 Å². The highest BCUT2D eigenvalue weighted by Gasteiger charge is 2.66. The molecule has 1 aromatic heterocycles. The molecule has 0 radical (unpaired) electrons. The number of benzene rings is 2. The molecule has 0 unspecified atom stereocenters. The number of ether oxygens (including phenoxy) is 2. The summed E-state index contributed by atoms with van der Waals surface area (Å²) in [6.07, 6.45) is -6.62. The number of nitrogens with one attached hydrogen (secondary N) is 1. The molecule has 6 rings (SSSR count). The minimum atomic E-state index is -2.88. The summed E-state index contributed by atoms with van der Waals surface area (Å²) in [5.41, 5.74) is 1.43. The van der Waals surface area contributed by atoms with Crippen LogP contribution < -0.4 is 10.2 Å². The molecule has 2 saturated heterocycles. The van der Waals surface area contributed by atoms with Gasteiger partial charge in [0.2, 0.25) is 0 Å². The lowest BCUT2D eigenvalue weighted by molar-refractivity contribution is -0.274. The maximum Gasteiger partial charge on any atom is 0.264 e. The number of hydrogen-bond donors (Lipinski definition) is 7. The van der Waals surface area contributed by atoms with Crippen LogP contribution in [0.3, 0.4) is 0 Å². The Morgan fingerprint density at radius 3 is 2.55 bits per heavy atom. The van der Waals surface area contributed by atoms with Crippen molar-refractivity contribution in [3.63, 3.8) is 0 Å². The molecule has 4 heterocycles. The first-order chi connectivity index (χ1) is 23.3. The summed E-state index contributed by atoms with van der Waals surface area (Å²) in [5.74, 6) is -1.46. The summed E-state index contributed by atoms with van der Waals surface area (Å²) in [5, 5.41) is 60.0. The number of aliphatic hydroxyl groups excluding tert-OH is 5. The predicted octanol–water partition coefficient (Wildman–Crippen LogP) is -0.0138. The van der Waals surface area contributed by atoms with E-state index in [0.29, 0.717) is 42.0 Å². The van der Waals surface area contributed by atoms with E-state index in [0.717, 1.165) is 5.56 Å². The van der Waals surface area contributed by atoms with Gasteiger partial charge in [-0.3, -0.25) is 14.3 Å². The Bertz CT molecular complexity index is 1680. The van der Waals surface area contributed by atoms with E-state index in [1.807, 2.05) is 44.3 Å². The van der Waals surface area contributed by atoms with Crippen LogP contribution >= 0.6 is 0 Å². The summed E-state index contributed by atoms with van der Waals surface area (Å²) in [4.78, 5) is 40.8. The first-order valence-electron chi connectivity index (χ1n) is 16.3. The van der Waals surface area contributed by atoms with Crippen LogP contribution in [-0.2, 0) is 44.2 Å². The Labute approximate surface area is 283 Å². The van der Waals surface area contributed by atoms with Crippen LogP contribution in [-0.4, -0.2) is 109 Å². The molecule has 16 heteroatoms. The molecule has 9 atom stereocenters. The molecule has 3 aliphatic heterocycles. The first kappa shape index (κ1) is 35.3. The van der Waals surface area contributed by atoms with E-state index in [4.69, 9.17) is 9.47 Å². The van der Waals surface area contributed by atoms with E-state index in [1.165, 1.54) is 0 Å². The van der Waals surface area contributed by atoms with Crippen molar-refractivity contribution < 1.29 is 49.4 Å². The Kier molecular flexibility index (Phi) is 9.80. The number of para-hydroxylation sites is 1. The molecule has 15 nitrogen and oxygen atoms in total. The van der Waals surface area contributed by atoms with Crippen molar-refractivity contribution in [1.82, 2.24) is 15.0 Å². The number of anilines is 2. The number of aromatic nitrogens is 3. The van der Waals surface area contributed by atoms with E-state index in [-0.39, 0.29) is 30.5 Å². The molecular weight excluding hydrogens is 654 g/mol. The summed E-state index contributed by atoms with van der Waals surface area (Å²) >= 11 is 0. The van der Waals surface area contributed by atoms with Crippen molar-refractivity contribution in [1.29, 1.82) is 0 Å². The van der Waals surface area contributed by atoms with Crippen LogP contribution in [0.15, 0.2) is 54.7 Å². The summed E-state index contributed by atoms with van der Waals surface area (Å²) < 4.78 is 13.6. The second kappa shape index (κ2) is 13.6. The van der Waals surface area contributed by atoms with E-state index in [1.54, 1.807) is 40.0 Å². The maximum atomic E-state index is 14.7. The number of hydrogen-bond acceptors (Lipinski definition) is 12. The lowest BCUT2D eigenvalue weighted by Gasteiger charge is -2.37. The van der Waals surface area contributed by atoms with E-state index < -0.39 is 56.6 Å². The molecule has 3 aromatic rings. The van der Waals surface area contributed by atoms with Gasteiger partial charge in [0.15, 0.2) is 26.3 Å². The zero-order valence-electron chi connectivity index (χ0n) is 27.5. The third-order valence-electron chi connectivity index (χ3n) is 9.87. The van der Waals surface area contributed by atoms with Gasteiger partial charge < -0.3 is 50.0 Å². The van der Waals surface area contributed by atoms with Crippen LogP contribution in [0.1, 0.15) is 30.2 Å². The summed E-state index contributed by atoms with van der Waals surface area (Å²) in [6, 6.07) is 14.2. The fraction of sp³-hybridized carbons (Fsp3) is 0.515. The standard InChI is InChI=1S/C33H43N5O10Si/c1-18-29(49(2,3)46)24(11-13-37-17-21(12-14-39)35-36-37)48-33(18)22-9-4-5-10-23(22)38(32(33)45)16-19-7-6-8-20(15-19)34-30(43)28-26(41)25(40)27(42)31(44)47-28/h4-10,15,17-18,24-29,31,39-42,44,46H,11-14,16H2,1-3H3,(H,34,43)/t18-,24+,25-,26-,27+,28-,29-,31+,33+/m0/s1. The monoisotopic (exact) mass is 697 g/mol. The number of amides is 2. The average molecular weight is 698 g/mol. The van der Waals surface area contributed by atoms with Crippen LogP contribution in [0.4, 0.5) is 11.4 Å². The molecule has 2 fully saturated rings. The van der Waals surface area contributed by atoms with Crippen LogP contribution in [0, 0.1) is 5.92 Å². The highest BCUT2D eigenvalue weighted by atomic mass is 28.4. The van der Waals surface area contributed by atoms with Crippen LogP contribution in [0.2, 0.25) is 18.6 Å². The van der Waals surface area contributed by atoms with Gasteiger partial charge in [-0.25, -0.2) is 0 Å². The molecule has 2 amide bonds. The average Bonchev–Trinajstić information content (AvgIpc) is 3.71. The smallest absolute Gasteiger partial charge is 0.264 e. The molecule has 0 aliphatic carbocycles. The summed E-state index contributed by atoms with van der Waals surface area (Å²) in [6.45, 7) is 6.24. The first-order valence-corrected chi connectivity index (χ1v) is 19.4. The molecule has 7 N–H and O–H groups in total. The second-order valence-electron chi connectivity index (χ2n) is 13.6. The van der Waals surface area contributed by atoms with Crippen molar-refractivity contribution in [3.05, 3.63) is 71.5 Å². The predicted molar refractivity (Wildman–Crippen MR) is 176 cm³/mol. The van der Waals surface area contributed by atoms with Crippen LogP contribution in [0.25, 0.3) is 0 Å². The third-order valence-corrected chi connectivity index (χ3v) is 12.4. The Morgan fingerprint density at radius 1 is 1.06 bits per heavy atom. The molecule has 3 aliphatic rings. The number of fused-ring (bicyclic) bond motifs is 2. The number of aliphatic hydroxyl groups is 5. The Hall–Kier alpha value is -3.58. The van der Waals surface area contributed by atoms with Gasteiger partial charge in [0.05, 0.1) is 24.0 Å².